The molecule has 0 amide bonds. The van der Waals surface area contributed by atoms with E-state index in [1.807, 2.05) is 72.8 Å². The summed E-state index contributed by atoms with van der Waals surface area (Å²) in [6.07, 6.45) is 17.3. The second kappa shape index (κ2) is 8.29. The average Bonchev–Trinajstić information content (AvgIpc) is 2.83. The van der Waals surface area contributed by atoms with Gasteiger partial charge in [0.15, 0.2) is 0 Å². The van der Waals surface area contributed by atoms with E-state index in [-0.39, 0.29) is 0 Å². The van der Waals surface area contributed by atoms with Crippen molar-refractivity contribution < 1.29 is 0 Å². The van der Waals surface area contributed by atoms with Crippen LogP contribution in [-0.4, -0.2) is 0 Å². The molecule has 0 atom stereocenters. The summed E-state index contributed by atoms with van der Waals surface area (Å²) in [4.78, 5) is 0. The Balaban J connectivity index is 2.04. The first-order valence-electron chi connectivity index (χ1n) is 9.58. The minimum atomic E-state index is 0.844. The van der Waals surface area contributed by atoms with Crippen LogP contribution in [0.1, 0.15) is 16.7 Å². The molecule has 4 aromatic carbocycles. The number of benzene rings is 4. The molecule has 0 spiro atoms. The van der Waals surface area contributed by atoms with Crippen LogP contribution < -0.4 is 0 Å². The van der Waals surface area contributed by atoms with Crippen molar-refractivity contribution in [1.29, 1.82) is 0 Å². The maximum absolute atomic E-state index is 5.77. The second-order valence-electron chi connectivity index (χ2n) is 6.87. The quantitative estimate of drug-likeness (QED) is 0.351. The van der Waals surface area contributed by atoms with Crippen LogP contribution in [-0.2, 0) is 0 Å². The fourth-order valence-electron chi connectivity index (χ4n) is 3.68. The molecule has 0 N–H and O–H groups in total. The smallest absolute Gasteiger partial charge is 0.0321 e. The summed E-state index contributed by atoms with van der Waals surface area (Å²) in [5.74, 6) is 8.38. The molecule has 0 fully saturated rings. The molecule has 0 heterocycles. The van der Waals surface area contributed by atoms with Crippen LogP contribution in [0.5, 0.6) is 0 Å². The van der Waals surface area contributed by atoms with Crippen molar-refractivity contribution in [1.82, 2.24) is 0 Å². The van der Waals surface area contributed by atoms with E-state index in [1.165, 1.54) is 0 Å². The van der Waals surface area contributed by atoms with Crippen molar-refractivity contribution >= 4 is 0 Å². The van der Waals surface area contributed by atoms with Crippen molar-refractivity contribution in [2.75, 3.05) is 0 Å². The molecule has 30 heavy (non-hydrogen) atoms. The van der Waals surface area contributed by atoms with Gasteiger partial charge >= 0.3 is 0 Å². The first kappa shape index (κ1) is 18.9. The Labute approximate surface area is 178 Å². The monoisotopic (exact) mass is 378 g/mol. The third kappa shape index (κ3) is 3.50. The Bertz CT molecular complexity index is 1180. The Morgan fingerprint density at radius 3 is 0.933 bits per heavy atom. The predicted molar refractivity (Wildman–Crippen MR) is 127 cm³/mol. The van der Waals surface area contributed by atoms with E-state index < -0.39 is 0 Å². The summed E-state index contributed by atoms with van der Waals surface area (Å²) in [5.41, 5.74) is 8.60. The predicted octanol–water partition coefficient (Wildman–Crippen LogP) is 6.63. The molecule has 0 unspecified atom stereocenters. The highest BCUT2D eigenvalue weighted by Crippen LogP contribution is 2.36. The van der Waals surface area contributed by atoms with Crippen LogP contribution >= 0.6 is 0 Å². The normalized spacial score (nSPS) is 9.90. The van der Waals surface area contributed by atoms with Gasteiger partial charge in [0.1, 0.15) is 0 Å². The molecule has 138 valence electrons. The molecule has 0 heteroatoms. The second-order valence-corrected chi connectivity index (χ2v) is 6.87. The van der Waals surface area contributed by atoms with Gasteiger partial charge < -0.3 is 0 Å². The Morgan fingerprint density at radius 1 is 0.400 bits per heavy atom. The third-order valence-electron chi connectivity index (χ3n) is 5.11. The summed E-state index contributed by atoms with van der Waals surface area (Å²) in [5, 5.41) is 0. The number of terminal acetylenes is 3. The van der Waals surface area contributed by atoms with E-state index in [9.17, 15) is 0 Å². The van der Waals surface area contributed by atoms with E-state index in [4.69, 9.17) is 19.3 Å². The maximum Gasteiger partial charge on any atom is 0.0321 e. The van der Waals surface area contributed by atoms with E-state index in [0.29, 0.717) is 0 Å². The maximum atomic E-state index is 5.77. The first-order valence-corrected chi connectivity index (χ1v) is 9.58. The molecule has 0 radical (unpaired) electrons. The molecule has 0 aromatic heterocycles. The third-order valence-corrected chi connectivity index (χ3v) is 5.11. The molecule has 4 aromatic rings. The van der Waals surface area contributed by atoms with Crippen molar-refractivity contribution in [3.8, 4) is 70.4 Å². The molecule has 0 saturated carbocycles. The van der Waals surface area contributed by atoms with Gasteiger partial charge in [0, 0.05) is 16.7 Å². The summed E-state index contributed by atoms with van der Waals surface area (Å²) in [6, 6.07) is 30.2. The van der Waals surface area contributed by atoms with Gasteiger partial charge in [0.05, 0.1) is 0 Å². The van der Waals surface area contributed by atoms with Gasteiger partial charge in [-0.25, -0.2) is 0 Å². The lowest BCUT2D eigenvalue weighted by molar-refractivity contribution is 1.53. The Kier molecular flexibility index (Phi) is 5.22. The Morgan fingerprint density at radius 2 is 0.667 bits per heavy atom. The van der Waals surface area contributed by atoms with Crippen molar-refractivity contribution in [2.45, 2.75) is 0 Å². The van der Waals surface area contributed by atoms with E-state index in [1.54, 1.807) is 0 Å². The van der Waals surface area contributed by atoms with Crippen LogP contribution in [0.4, 0.5) is 0 Å². The summed E-state index contributed by atoms with van der Waals surface area (Å²) < 4.78 is 0. The van der Waals surface area contributed by atoms with Gasteiger partial charge in [-0.15, -0.1) is 19.3 Å². The lowest BCUT2D eigenvalue weighted by Gasteiger charge is -2.14. The number of rotatable bonds is 3. The fraction of sp³-hybridized carbons (Fsp3) is 0. The molecule has 0 nitrogen and oxygen atoms in total. The van der Waals surface area contributed by atoms with Gasteiger partial charge in [-0.3, -0.25) is 0 Å². The largest absolute Gasteiger partial charge is 0.115 e. The molecular weight excluding hydrogens is 360 g/mol. The van der Waals surface area contributed by atoms with Gasteiger partial charge in [-0.1, -0.05) is 72.4 Å². The molecule has 0 aliphatic rings. The topological polar surface area (TPSA) is 0 Å². The molecule has 0 bridgehead atoms. The van der Waals surface area contributed by atoms with Crippen molar-refractivity contribution in [3.63, 3.8) is 0 Å². The van der Waals surface area contributed by atoms with Crippen LogP contribution in [0.25, 0.3) is 33.4 Å². The lowest BCUT2D eigenvalue weighted by atomic mass is 9.89. The minimum Gasteiger partial charge on any atom is -0.115 e. The molecule has 0 saturated heterocycles. The minimum absolute atomic E-state index is 0.844. The van der Waals surface area contributed by atoms with Gasteiger partial charge in [0.25, 0.3) is 0 Å². The summed E-state index contributed by atoms with van der Waals surface area (Å²) in [7, 11) is 0. The van der Waals surface area contributed by atoms with Crippen molar-refractivity contribution in [3.05, 3.63) is 108 Å². The highest BCUT2D eigenvalue weighted by molar-refractivity contribution is 5.85. The standard InChI is InChI=1S/C30H18/c1-4-22-13-7-10-16-28(22)25-19-26(29-17-11-8-14-23(29)5-2)21-27(20-25)30-18-12-9-15-24(30)6-3/h1-3,7-21H. The van der Waals surface area contributed by atoms with Crippen LogP contribution in [0.2, 0.25) is 0 Å². The number of hydrogen-bond acceptors (Lipinski definition) is 0. The lowest BCUT2D eigenvalue weighted by Crippen LogP contribution is -1.91. The SMILES string of the molecule is C#Cc1ccccc1-c1cc(-c2ccccc2C#C)cc(-c2ccccc2C#C)c1. The summed E-state index contributed by atoms with van der Waals surface area (Å²) >= 11 is 0. The van der Waals surface area contributed by atoms with E-state index >= 15 is 0 Å². The molecular formula is C30H18. The van der Waals surface area contributed by atoms with Crippen LogP contribution in [0.3, 0.4) is 0 Å². The fourth-order valence-corrected chi connectivity index (χ4v) is 3.68. The average molecular weight is 378 g/mol. The zero-order chi connectivity index (χ0) is 20.9. The van der Waals surface area contributed by atoms with Crippen molar-refractivity contribution in [2.24, 2.45) is 0 Å². The van der Waals surface area contributed by atoms with Crippen LogP contribution in [0, 0.1) is 37.0 Å². The van der Waals surface area contributed by atoms with E-state index in [0.717, 1.165) is 50.1 Å². The summed E-state index contributed by atoms with van der Waals surface area (Å²) in [6.45, 7) is 0. The first-order chi connectivity index (χ1) is 14.7. The Hall–Kier alpha value is -4.44. The number of hydrogen-bond donors (Lipinski definition) is 0. The van der Waals surface area contributed by atoms with Gasteiger partial charge in [0.2, 0.25) is 0 Å². The molecule has 0 aliphatic heterocycles. The highest BCUT2D eigenvalue weighted by Gasteiger charge is 2.12. The molecule has 0 aliphatic carbocycles. The molecule has 4 rings (SSSR count). The zero-order valence-corrected chi connectivity index (χ0v) is 16.4. The van der Waals surface area contributed by atoms with E-state index in [2.05, 4.69) is 36.0 Å². The zero-order valence-electron chi connectivity index (χ0n) is 16.4. The van der Waals surface area contributed by atoms with Gasteiger partial charge in [-0.2, -0.15) is 0 Å². The van der Waals surface area contributed by atoms with Gasteiger partial charge in [-0.05, 0) is 69.8 Å². The highest BCUT2D eigenvalue weighted by atomic mass is 14.2. The van der Waals surface area contributed by atoms with Crippen LogP contribution in [0.15, 0.2) is 91.0 Å².